The van der Waals surface area contributed by atoms with Crippen LogP contribution in [0.5, 0.6) is 5.75 Å². The van der Waals surface area contributed by atoms with Crippen molar-refractivity contribution in [3.05, 3.63) is 35.4 Å². The largest absolute Gasteiger partial charge is 0.497 e. The van der Waals surface area contributed by atoms with E-state index < -0.39 is 0 Å². The van der Waals surface area contributed by atoms with E-state index in [1.165, 1.54) is 13.2 Å². The van der Waals surface area contributed by atoms with Gasteiger partial charge in [-0.15, -0.1) is 5.10 Å². The number of nitrogens with zero attached hydrogens (tertiary/aromatic N) is 3. The third kappa shape index (κ3) is 2.14. The van der Waals surface area contributed by atoms with Gasteiger partial charge in [0.05, 0.1) is 7.11 Å². The molecule has 0 radical (unpaired) electrons. The zero-order valence-electron chi connectivity index (χ0n) is 10.6. The molecule has 1 aromatic carbocycles. The molecule has 0 aliphatic carbocycles. The van der Waals surface area contributed by atoms with Gasteiger partial charge in [-0.2, -0.15) is 4.98 Å². The Labute approximate surface area is 110 Å². The minimum atomic E-state index is -0.231. The summed E-state index contributed by atoms with van der Waals surface area (Å²) in [6.45, 7) is 0.718. The minimum absolute atomic E-state index is 0.113. The van der Waals surface area contributed by atoms with Crippen molar-refractivity contribution in [1.82, 2.24) is 14.8 Å². The second-order valence-electron chi connectivity index (χ2n) is 4.69. The molecule has 0 bridgehead atoms. The summed E-state index contributed by atoms with van der Waals surface area (Å²) in [5.41, 5.74) is 6.28. The first-order chi connectivity index (χ1) is 9.17. The SMILES string of the molecule is COc1ccc(C2CCn3nc(N)nc3C2)c(F)c1. The number of anilines is 1. The number of nitrogens with two attached hydrogens (primary N) is 1. The highest BCUT2D eigenvalue weighted by Gasteiger charge is 2.24. The van der Waals surface area contributed by atoms with Crippen molar-refractivity contribution in [2.24, 2.45) is 0 Å². The Morgan fingerprint density at radius 1 is 1.47 bits per heavy atom. The molecular weight excluding hydrogens is 247 g/mol. The fourth-order valence-electron chi connectivity index (χ4n) is 2.56. The van der Waals surface area contributed by atoms with Gasteiger partial charge in [-0.05, 0) is 24.0 Å². The van der Waals surface area contributed by atoms with Crippen LogP contribution in [-0.4, -0.2) is 21.9 Å². The summed E-state index contributed by atoms with van der Waals surface area (Å²) in [5.74, 6) is 1.52. The fraction of sp³-hybridized carbons (Fsp3) is 0.385. The monoisotopic (exact) mass is 262 g/mol. The number of hydrogen-bond donors (Lipinski definition) is 1. The number of aryl methyl sites for hydroxylation is 1. The van der Waals surface area contributed by atoms with Crippen molar-refractivity contribution in [3.63, 3.8) is 0 Å². The molecule has 1 atom stereocenters. The molecule has 0 saturated heterocycles. The first-order valence-electron chi connectivity index (χ1n) is 6.20. The molecule has 3 rings (SSSR count). The van der Waals surface area contributed by atoms with E-state index in [0.717, 1.165) is 18.8 Å². The van der Waals surface area contributed by atoms with E-state index in [9.17, 15) is 4.39 Å². The molecule has 0 saturated carbocycles. The van der Waals surface area contributed by atoms with E-state index >= 15 is 0 Å². The standard InChI is InChI=1S/C13H15FN4O/c1-19-9-2-3-10(11(14)7-9)8-4-5-18-12(6-8)16-13(15)17-18/h2-3,7-8H,4-6H2,1H3,(H2,15,17). The summed E-state index contributed by atoms with van der Waals surface area (Å²) in [4.78, 5) is 4.17. The van der Waals surface area contributed by atoms with Crippen LogP contribution >= 0.6 is 0 Å². The van der Waals surface area contributed by atoms with Crippen molar-refractivity contribution in [2.75, 3.05) is 12.8 Å². The molecular formula is C13H15FN4O. The molecule has 6 heteroatoms. The highest BCUT2D eigenvalue weighted by Crippen LogP contribution is 2.31. The number of halogens is 1. The lowest BCUT2D eigenvalue weighted by Crippen LogP contribution is -2.19. The van der Waals surface area contributed by atoms with Gasteiger partial charge in [0.1, 0.15) is 17.4 Å². The van der Waals surface area contributed by atoms with Crippen molar-refractivity contribution in [3.8, 4) is 5.75 Å². The quantitative estimate of drug-likeness (QED) is 0.895. The molecule has 19 heavy (non-hydrogen) atoms. The highest BCUT2D eigenvalue weighted by atomic mass is 19.1. The molecule has 1 aromatic heterocycles. The molecule has 1 aliphatic rings. The third-order valence-corrected chi connectivity index (χ3v) is 3.53. The van der Waals surface area contributed by atoms with Crippen LogP contribution < -0.4 is 10.5 Å². The van der Waals surface area contributed by atoms with Gasteiger partial charge in [-0.25, -0.2) is 9.07 Å². The molecule has 1 unspecified atom stereocenters. The molecule has 0 spiro atoms. The average Bonchev–Trinajstić information content (AvgIpc) is 2.77. The van der Waals surface area contributed by atoms with Gasteiger partial charge in [0.25, 0.3) is 0 Å². The predicted molar refractivity (Wildman–Crippen MR) is 68.4 cm³/mol. The summed E-state index contributed by atoms with van der Waals surface area (Å²) in [5, 5.41) is 4.10. The van der Waals surface area contributed by atoms with Crippen LogP contribution in [0.3, 0.4) is 0 Å². The summed E-state index contributed by atoms with van der Waals surface area (Å²) in [7, 11) is 1.53. The van der Waals surface area contributed by atoms with Gasteiger partial charge in [0.2, 0.25) is 5.95 Å². The number of methoxy groups -OCH3 is 1. The molecule has 2 heterocycles. The topological polar surface area (TPSA) is 66.0 Å². The summed E-state index contributed by atoms with van der Waals surface area (Å²) in [6, 6.07) is 4.99. The minimum Gasteiger partial charge on any atom is -0.497 e. The van der Waals surface area contributed by atoms with Crippen molar-refractivity contribution >= 4 is 5.95 Å². The molecule has 0 fully saturated rings. The molecule has 2 aromatic rings. The van der Waals surface area contributed by atoms with Crippen LogP contribution in [0.1, 0.15) is 23.7 Å². The number of nitrogen functional groups attached to an aromatic ring is 1. The van der Waals surface area contributed by atoms with E-state index in [1.807, 2.05) is 0 Å². The number of aromatic nitrogens is 3. The third-order valence-electron chi connectivity index (χ3n) is 3.53. The van der Waals surface area contributed by atoms with Gasteiger partial charge < -0.3 is 10.5 Å². The summed E-state index contributed by atoms with van der Waals surface area (Å²) < 4.78 is 20.9. The van der Waals surface area contributed by atoms with E-state index in [4.69, 9.17) is 10.5 Å². The highest BCUT2D eigenvalue weighted by molar-refractivity contribution is 5.32. The lowest BCUT2D eigenvalue weighted by atomic mass is 9.90. The van der Waals surface area contributed by atoms with E-state index in [2.05, 4.69) is 10.1 Å². The second-order valence-corrected chi connectivity index (χ2v) is 4.69. The molecule has 0 amide bonds. The Morgan fingerprint density at radius 2 is 2.32 bits per heavy atom. The number of ether oxygens (including phenoxy) is 1. The van der Waals surface area contributed by atoms with E-state index in [1.54, 1.807) is 16.8 Å². The van der Waals surface area contributed by atoms with Gasteiger partial charge in [0, 0.05) is 19.0 Å². The van der Waals surface area contributed by atoms with Crippen LogP contribution in [0.25, 0.3) is 0 Å². The number of benzene rings is 1. The maximum absolute atomic E-state index is 14.1. The Kier molecular flexibility index (Phi) is 2.85. The lowest BCUT2D eigenvalue weighted by molar-refractivity contribution is 0.404. The summed E-state index contributed by atoms with van der Waals surface area (Å²) >= 11 is 0. The van der Waals surface area contributed by atoms with Crippen molar-refractivity contribution in [1.29, 1.82) is 0 Å². The molecule has 5 nitrogen and oxygen atoms in total. The smallest absolute Gasteiger partial charge is 0.239 e. The van der Waals surface area contributed by atoms with Crippen LogP contribution in [0, 0.1) is 5.82 Å². The van der Waals surface area contributed by atoms with Crippen molar-refractivity contribution in [2.45, 2.75) is 25.3 Å². The summed E-state index contributed by atoms with van der Waals surface area (Å²) in [6.07, 6.45) is 1.49. The van der Waals surface area contributed by atoms with Crippen LogP contribution in [0.15, 0.2) is 18.2 Å². The fourth-order valence-corrected chi connectivity index (χ4v) is 2.56. The number of fused-ring (bicyclic) bond motifs is 1. The Morgan fingerprint density at radius 3 is 3.05 bits per heavy atom. The molecule has 100 valence electrons. The zero-order chi connectivity index (χ0) is 13.4. The van der Waals surface area contributed by atoms with Gasteiger partial charge in [-0.3, -0.25) is 0 Å². The number of hydrogen-bond acceptors (Lipinski definition) is 4. The number of rotatable bonds is 2. The van der Waals surface area contributed by atoms with Crippen LogP contribution in [-0.2, 0) is 13.0 Å². The van der Waals surface area contributed by atoms with E-state index in [0.29, 0.717) is 17.7 Å². The van der Waals surface area contributed by atoms with Gasteiger partial charge in [-0.1, -0.05) is 6.07 Å². The van der Waals surface area contributed by atoms with Crippen molar-refractivity contribution < 1.29 is 9.13 Å². The van der Waals surface area contributed by atoms with Crippen LogP contribution in [0.2, 0.25) is 0 Å². The Balaban J connectivity index is 1.88. The first kappa shape index (κ1) is 12.0. The molecule has 1 aliphatic heterocycles. The molecule has 2 N–H and O–H groups in total. The lowest BCUT2D eigenvalue weighted by Gasteiger charge is -2.23. The van der Waals surface area contributed by atoms with Gasteiger partial charge >= 0.3 is 0 Å². The first-order valence-corrected chi connectivity index (χ1v) is 6.20. The second kappa shape index (κ2) is 4.53. The maximum atomic E-state index is 14.1. The average molecular weight is 262 g/mol. The van der Waals surface area contributed by atoms with E-state index in [-0.39, 0.29) is 17.7 Å². The van der Waals surface area contributed by atoms with Gasteiger partial charge in [0.15, 0.2) is 0 Å². The normalized spacial score (nSPS) is 18.1. The Hall–Kier alpha value is -2.11. The zero-order valence-corrected chi connectivity index (χ0v) is 10.6. The Bertz CT molecular complexity index is 611. The maximum Gasteiger partial charge on any atom is 0.239 e. The van der Waals surface area contributed by atoms with Crippen LogP contribution in [0.4, 0.5) is 10.3 Å². The predicted octanol–water partition coefficient (Wildman–Crippen LogP) is 1.74.